The highest BCUT2D eigenvalue weighted by molar-refractivity contribution is 7.16. The summed E-state index contributed by atoms with van der Waals surface area (Å²) in [6.45, 7) is 3.79. The number of rotatable bonds is 5. The van der Waals surface area contributed by atoms with Crippen molar-refractivity contribution in [3.05, 3.63) is 16.0 Å². The van der Waals surface area contributed by atoms with E-state index in [2.05, 4.69) is 5.32 Å². The first-order valence-corrected chi connectivity index (χ1v) is 8.62. The molecule has 0 saturated heterocycles. The van der Waals surface area contributed by atoms with E-state index in [1.807, 2.05) is 13.8 Å². The van der Waals surface area contributed by atoms with Crippen molar-refractivity contribution in [1.29, 1.82) is 0 Å². The number of carbonyl (C=O) groups is 3. The molecule has 1 aromatic rings. The molecule has 7 heteroatoms. The Morgan fingerprint density at radius 2 is 1.87 bits per heavy atom. The number of aryl methyl sites for hydroxylation is 1. The molecule has 0 aliphatic heterocycles. The highest BCUT2D eigenvalue weighted by Crippen LogP contribution is 2.35. The smallest absolute Gasteiger partial charge is 0.251 e. The Morgan fingerprint density at radius 1 is 1.26 bits per heavy atom. The summed E-state index contributed by atoms with van der Waals surface area (Å²) >= 11 is 1.30. The molecule has 2 amide bonds. The van der Waals surface area contributed by atoms with Crippen LogP contribution in [-0.4, -0.2) is 17.8 Å². The van der Waals surface area contributed by atoms with Gasteiger partial charge in [-0.3, -0.25) is 9.59 Å². The molecule has 0 bridgehead atoms. The molecule has 0 unspecified atom stereocenters. The van der Waals surface area contributed by atoms with Gasteiger partial charge in [-0.25, -0.2) is 0 Å². The summed E-state index contributed by atoms with van der Waals surface area (Å²) in [6, 6.07) is 0. The molecular formula is C16H21N2O4S-. The number of nitrogens with one attached hydrogen (secondary N) is 1. The van der Waals surface area contributed by atoms with Crippen molar-refractivity contribution < 1.29 is 19.5 Å². The number of primary amides is 1. The maximum atomic E-state index is 12.5. The quantitative estimate of drug-likeness (QED) is 0.841. The zero-order valence-electron chi connectivity index (χ0n) is 13.3. The van der Waals surface area contributed by atoms with Crippen molar-refractivity contribution in [2.75, 3.05) is 5.32 Å². The van der Waals surface area contributed by atoms with E-state index in [1.165, 1.54) is 11.3 Å². The van der Waals surface area contributed by atoms with Gasteiger partial charge in [0.25, 0.3) is 5.91 Å². The van der Waals surface area contributed by atoms with E-state index in [1.54, 1.807) is 0 Å². The lowest BCUT2D eigenvalue weighted by Crippen LogP contribution is -2.42. The Labute approximate surface area is 139 Å². The fourth-order valence-corrected chi connectivity index (χ4v) is 4.44. The maximum Gasteiger partial charge on any atom is 0.251 e. The van der Waals surface area contributed by atoms with Gasteiger partial charge in [0.2, 0.25) is 5.91 Å². The van der Waals surface area contributed by atoms with Crippen LogP contribution in [0.2, 0.25) is 0 Å². The van der Waals surface area contributed by atoms with Crippen molar-refractivity contribution in [1.82, 2.24) is 0 Å². The predicted octanol–water partition coefficient (Wildman–Crippen LogP) is 1.21. The average Bonchev–Trinajstić information content (AvgIpc) is 2.82. The zero-order chi connectivity index (χ0) is 17.1. The van der Waals surface area contributed by atoms with Crippen LogP contribution in [0.1, 0.15) is 53.4 Å². The number of amides is 2. The van der Waals surface area contributed by atoms with Gasteiger partial charge >= 0.3 is 0 Å². The molecule has 2 rings (SSSR count). The molecule has 1 aliphatic carbocycles. The Balaban J connectivity index is 2.26. The molecule has 6 nitrogen and oxygen atoms in total. The lowest BCUT2D eigenvalue weighted by atomic mass is 9.79. The third-order valence-electron chi connectivity index (χ3n) is 4.45. The van der Waals surface area contributed by atoms with Gasteiger partial charge in [0.1, 0.15) is 5.00 Å². The molecule has 1 saturated carbocycles. The number of anilines is 1. The van der Waals surface area contributed by atoms with Crippen molar-refractivity contribution in [2.24, 2.45) is 17.6 Å². The van der Waals surface area contributed by atoms with Gasteiger partial charge in [0.15, 0.2) is 0 Å². The summed E-state index contributed by atoms with van der Waals surface area (Å²) in [5.74, 6) is -3.53. The number of thiophene rings is 1. The highest BCUT2D eigenvalue weighted by atomic mass is 32.1. The van der Waals surface area contributed by atoms with Crippen LogP contribution >= 0.6 is 11.3 Å². The monoisotopic (exact) mass is 337 g/mol. The van der Waals surface area contributed by atoms with Gasteiger partial charge in [-0.2, -0.15) is 0 Å². The van der Waals surface area contributed by atoms with E-state index in [9.17, 15) is 19.5 Å². The molecule has 2 atom stereocenters. The zero-order valence-corrected chi connectivity index (χ0v) is 14.1. The minimum atomic E-state index is -1.18. The SMILES string of the molecule is CCc1c(C)sc(NC(=O)[C@H]2CCCC[C@@H]2C(=O)[O-])c1C(N)=O. The number of carboxylic acids is 1. The number of nitrogens with two attached hydrogens (primary N) is 1. The molecule has 1 aliphatic rings. The van der Waals surface area contributed by atoms with Crippen LogP contribution < -0.4 is 16.2 Å². The lowest BCUT2D eigenvalue weighted by Gasteiger charge is -2.31. The highest BCUT2D eigenvalue weighted by Gasteiger charge is 2.33. The van der Waals surface area contributed by atoms with E-state index in [0.29, 0.717) is 29.8 Å². The molecule has 3 N–H and O–H groups in total. The second-order valence-corrected chi connectivity index (χ2v) is 7.09. The Bertz CT molecular complexity index is 638. The molecule has 1 heterocycles. The number of carbonyl (C=O) groups excluding carboxylic acids is 3. The Hall–Kier alpha value is -1.89. The fourth-order valence-electron chi connectivity index (χ4n) is 3.28. The third-order valence-corrected chi connectivity index (χ3v) is 5.51. The van der Waals surface area contributed by atoms with Crippen LogP contribution in [0.25, 0.3) is 0 Å². The van der Waals surface area contributed by atoms with Gasteiger partial charge in [0, 0.05) is 22.7 Å². The summed E-state index contributed by atoms with van der Waals surface area (Å²) in [7, 11) is 0. The number of carboxylic acid groups (broad SMARTS) is 1. The van der Waals surface area contributed by atoms with Crippen LogP contribution in [0.5, 0.6) is 0 Å². The maximum absolute atomic E-state index is 12.5. The molecule has 126 valence electrons. The number of hydrogen-bond acceptors (Lipinski definition) is 5. The van der Waals surface area contributed by atoms with Crippen LogP contribution in [0, 0.1) is 18.8 Å². The molecule has 0 radical (unpaired) electrons. The van der Waals surface area contributed by atoms with Gasteiger partial charge in [-0.15, -0.1) is 11.3 Å². The summed E-state index contributed by atoms with van der Waals surface area (Å²) in [6.07, 6.45) is 3.21. The minimum absolute atomic E-state index is 0.337. The van der Waals surface area contributed by atoms with Crippen LogP contribution in [-0.2, 0) is 16.0 Å². The van der Waals surface area contributed by atoms with Crippen molar-refractivity contribution in [3.63, 3.8) is 0 Å². The lowest BCUT2D eigenvalue weighted by molar-refractivity contribution is -0.313. The predicted molar refractivity (Wildman–Crippen MR) is 86.0 cm³/mol. The van der Waals surface area contributed by atoms with Crippen molar-refractivity contribution >= 4 is 34.1 Å². The molecule has 23 heavy (non-hydrogen) atoms. The van der Waals surface area contributed by atoms with E-state index >= 15 is 0 Å². The van der Waals surface area contributed by atoms with Gasteiger partial charge in [-0.05, 0) is 31.7 Å². The molecule has 1 fully saturated rings. The average molecular weight is 337 g/mol. The number of hydrogen-bond donors (Lipinski definition) is 2. The summed E-state index contributed by atoms with van der Waals surface area (Å²) in [4.78, 5) is 36.4. The van der Waals surface area contributed by atoms with Crippen LogP contribution in [0.15, 0.2) is 0 Å². The van der Waals surface area contributed by atoms with Crippen LogP contribution in [0.4, 0.5) is 5.00 Å². The summed E-state index contributed by atoms with van der Waals surface area (Å²) < 4.78 is 0. The molecule has 0 aromatic carbocycles. The second kappa shape index (κ2) is 7.12. The van der Waals surface area contributed by atoms with Gasteiger partial charge < -0.3 is 21.0 Å². The van der Waals surface area contributed by atoms with E-state index in [0.717, 1.165) is 23.3 Å². The Morgan fingerprint density at radius 3 is 2.39 bits per heavy atom. The van der Waals surface area contributed by atoms with Gasteiger partial charge in [-0.1, -0.05) is 19.8 Å². The van der Waals surface area contributed by atoms with Crippen LogP contribution in [0.3, 0.4) is 0 Å². The normalized spacial score (nSPS) is 21.0. The topological polar surface area (TPSA) is 112 Å². The standard InChI is InChI=1S/C16H22N2O4S/c1-3-9-8(2)23-15(12(9)13(17)19)18-14(20)10-6-4-5-7-11(10)16(21)22/h10-11H,3-7H2,1-2H3,(H2,17,19)(H,18,20)(H,21,22)/p-1/t10-,11-/m0/s1. The second-order valence-electron chi connectivity index (χ2n) is 5.86. The first-order valence-electron chi connectivity index (χ1n) is 7.80. The molecule has 1 aromatic heterocycles. The van der Waals surface area contributed by atoms with E-state index in [4.69, 9.17) is 5.73 Å². The van der Waals surface area contributed by atoms with E-state index in [-0.39, 0.29) is 5.91 Å². The fraction of sp³-hybridized carbons (Fsp3) is 0.562. The largest absolute Gasteiger partial charge is 0.550 e. The van der Waals surface area contributed by atoms with E-state index < -0.39 is 23.7 Å². The third kappa shape index (κ3) is 3.55. The van der Waals surface area contributed by atoms with Gasteiger partial charge in [0.05, 0.1) is 5.56 Å². The summed E-state index contributed by atoms with van der Waals surface area (Å²) in [5, 5.41) is 14.4. The first-order chi connectivity index (χ1) is 10.9. The first kappa shape index (κ1) is 17.5. The number of aliphatic carboxylic acids is 1. The minimum Gasteiger partial charge on any atom is -0.550 e. The molecule has 0 spiro atoms. The Kier molecular flexibility index (Phi) is 5.41. The summed E-state index contributed by atoms with van der Waals surface area (Å²) in [5.41, 5.74) is 6.61. The van der Waals surface area contributed by atoms with Crippen molar-refractivity contribution in [3.8, 4) is 0 Å². The molecular weight excluding hydrogens is 316 g/mol. The van der Waals surface area contributed by atoms with Crippen molar-refractivity contribution in [2.45, 2.75) is 46.0 Å².